The van der Waals surface area contributed by atoms with Gasteiger partial charge in [0.15, 0.2) is 0 Å². The van der Waals surface area contributed by atoms with E-state index in [9.17, 15) is 4.79 Å². The van der Waals surface area contributed by atoms with E-state index >= 15 is 0 Å². The van der Waals surface area contributed by atoms with Crippen LogP contribution in [0.3, 0.4) is 0 Å². The highest BCUT2D eigenvalue weighted by molar-refractivity contribution is 7.09. The van der Waals surface area contributed by atoms with Crippen LogP contribution in [0, 0.1) is 6.92 Å². The van der Waals surface area contributed by atoms with Crippen molar-refractivity contribution in [3.05, 3.63) is 16.1 Å². The molecule has 1 amide bonds. The summed E-state index contributed by atoms with van der Waals surface area (Å²) in [6, 6.07) is 0.178. The van der Waals surface area contributed by atoms with Crippen LogP contribution in [0.4, 0.5) is 0 Å². The van der Waals surface area contributed by atoms with E-state index in [1.165, 1.54) is 0 Å². The van der Waals surface area contributed by atoms with E-state index in [0.717, 1.165) is 56.6 Å². The lowest BCUT2D eigenvalue weighted by Gasteiger charge is -2.35. The van der Waals surface area contributed by atoms with Crippen molar-refractivity contribution >= 4 is 17.2 Å². The van der Waals surface area contributed by atoms with Crippen molar-refractivity contribution in [3.8, 4) is 0 Å². The van der Waals surface area contributed by atoms with E-state index in [1.807, 2.05) is 11.8 Å². The highest BCUT2D eigenvalue weighted by Gasteiger charge is 2.24. The molecule has 0 bridgehead atoms. The van der Waals surface area contributed by atoms with Crippen molar-refractivity contribution < 1.29 is 9.53 Å². The van der Waals surface area contributed by atoms with Crippen molar-refractivity contribution in [3.63, 3.8) is 0 Å². The zero-order valence-corrected chi connectivity index (χ0v) is 13.9. The van der Waals surface area contributed by atoms with E-state index < -0.39 is 0 Å². The number of thiazole rings is 1. The summed E-state index contributed by atoms with van der Waals surface area (Å²) in [5.41, 5.74) is 1.14. The summed E-state index contributed by atoms with van der Waals surface area (Å²) in [7, 11) is 0. The Balaban J connectivity index is 1.41. The first kappa shape index (κ1) is 15.9. The van der Waals surface area contributed by atoms with Gasteiger partial charge in [-0.3, -0.25) is 9.69 Å². The average Bonchev–Trinajstić information content (AvgIpc) is 2.94. The molecule has 1 unspecified atom stereocenters. The van der Waals surface area contributed by atoms with Crippen LogP contribution >= 0.6 is 11.3 Å². The van der Waals surface area contributed by atoms with Crippen molar-refractivity contribution in [1.82, 2.24) is 20.1 Å². The van der Waals surface area contributed by atoms with Crippen LogP contribution < -0.4 is 5.32 Å². The van der Waals surface area contributed by atoms with E-state index in [2.05, 4.69) is 20.6 Å². The minimum absolute atomic E-state index is 0.178. The first-order valence-electron chi connectivity index (χ1n) is 7.93. The number of nitrogens with one attached hydrogen (secondary N) is 1. The summed E-state index contributed by atoms with van der Waals surface area (Å²) < 4.78 is 5.41. The molecule has 0 saturated carbocycles. The molecule has 0 spiro atoms. The molecule has 0 radical (unpaired) electrons. The summed E-state index contributed by atoms with van der Waals surface area (Å²) in [5.74, 6) is 0.243. The van der Waals surface area contributed by atoms with E-state index in [-0.39, 0.29) is 11.9 Å². The Kier molecular flexibility index (Phi) is 5.41. The average molecular weight is 324 g/mol. The molecular formula is C15H24N4O2S. The molecule has 7 heteroatoms. The van der Waals surface area contributed by atoms with Gasteiger partial charge in [-0.1, -0.05) is 0 Å². The second-order valence-electron chi connectivity index (χ2n) is 5.94. The van der Waals surface area contributed by atoms with Crippen LogP contribution in [-0.2, 0) is 16.1 Å². The highest BCUT2D eigenvalue weighted by Crippen LogP contribution is 2.13. The summed E-state index contributed by atoms with van der Waals surface area (Å²) >= 11 is 1.70. The van der Waals surface area contributed by atoms with Gasteiger partial charge in [0.2, 0.25) is 5.91 Å². The van der Waals surface area contributed by atoms with Gasteiger partial charge in [0.05, 0.1) is 23.9 Å². The van der Waals surface area contributed by atoms with Gasteiger partial charge in [0.25, 0.3) is 0 Å². The number of carbonyl (C=O) groups excluding carboxylic acids is 1. The fourth-order valence-corrected chi connectivity index (χ4v) is 3.56. The van der Waals surface area contributed by atoms with Crippen LogP contribution in [0.25, 0.3) is 0 Å². The molecule has 6 nitrogen and oxygen atoms in total. The molecule has 0 aromatic carbocycles. The quantitative estimate of drug-likeness (QED) is 0.873. The molecule has 22 heavy (non-hydrogen) atoms. The van der Waals surface area contributed by atoms with Gasteiger partial charge in [0.1, 0.15) is 0 Å². The Morgan fingerprint density at radius 3 is 2.91 bits per heavy atom. The van der Waals surface area contributed by atoms with Crippen molar-refractivity contribution in [2.24, 2.45) is 0 Å². The van der Waals surface area contributed by atoms with Crippen LogP contribution in [0.15, 0.2) is 5.38 Å². The molecule has 1 N–H and O–H groups in total. The largest absolute Gasteiger partial charge is 0.378 e. The second kappa shape index (κ2) is 7.50. The van der Waals surface area contributed by atoms with Crippen molar-refractivity contribution in [2.45, 2.75) is 25.9 Å². The Labute approximate surface area is 135 Å². The maximum absolute atomic E-state index is 12.3. The third-order valence-electron chi connectivity index (χ3n) is 4.20. The van der Waals surface area contributed by atoms with Crippen molar-refractivity contribution in [1.29, 1.82) is 0 Å². The first-order valence-corrected chi connectivity index (χ1v) is 8.81. The molecule has 0 aliphatic carbocycles. The zero-order chi connectivity index (χ0) is 15.4. The molecule has 3 heterocycles. The van der Waals surface area contributed by atoms with Gasteiger partial charge < -0.3 is 15.0 Å². The van der Waals surface area contributed by atoms with Gasteiger partial charge in [-0.25, -0.2) is 4.98 Å². The lowest BCUT2D eigenvalue weighted by atomic mass is 10.1. The lowest BCUT2D eigenvalue weighted by Crippen LogP contribution is -2.51. The minimum atomic E-state index is 0.178. The maximum Gasteiger partial charge on any atom is 0.224 e. The van der Waals surface area contributed by atoms with E-state index in [0.29, 0.717) is 13.0 Å². The van der Waals surface area contributed by atoms with Gasteiger partial charge in [-0.2, -0.15) is 0 Å². The third-order valence-corrected chi connectivity index (χ3v) is 5.02. The first-order chi connectivity index (χ1) is 10.7. The number of ether oxygens (including phenoxy) is 1. The molecule has 2 saturated heterocycles. The number of aromatic nitrogens is 1. The predicted molar refractivity (Wildman–Crippen MR) is 85.9 cm³/mol. The molecule has 1 aromatic heterocycles. The summed E-state index contributed by atoms with van der Waals surface area (Å²) in [6.07, 6.45) is 0.547. The number of hydrogen-bond acceptors (Lipinski definition) is 6. The molecule has 2 fully saturated rings. The number of hydrogen-bond donors (Lipinski definition) is 1. The number of morpholine rings is 1. The minimum Gasteiger partial charge on any atom is -0.378 e. The van der Waals surface area contributed by atoms with Crippen LogP contribution in [0.2, 0.25) is 0 Å². The predicted octanol–water partition coefficient (Wildman–Crippen LogP) is 0.474. The number of nitrogens with zero attached hydrogens (tertiary/aromatic N) is 3. The number of amides is 1. The number of aryl methyl sites for hydroxylation is 1. The van der Waals surface area contributed by atoms with Crippen LogP contribution in [-0.4, -0.2) is 72.7 Å². The zero-order valence-electron chi connectivity index (χ0n) is 13.1. The van der Waals surface area contributed by atoms with Gasteiger partial charge in [-0.15, -0.1) is 11.3 Å². The SMILES string of the molecule is Cc1nc(CN2CCN(C(=O)CC3COCCN3)CC2)cs1. The Morgan fingerprint density at radius 1 is 1.45 bits per heavy atom. The summed E-state index contributed by atoms with van der Waals surface area (Å²) in [6.45, 7) is 8.66. The standard InChI is InChI=1S/C15H24N4O2S/c1-12-17-14(11-22-12)9-18-3-5-19(6-4-18)15(20)8-13-10-21-7-2-16-13/h11,13,16H,2-10H2,1H3. The Bertz CT molecular complexity index is 493. The maximum atomic E-state index is 12.3. The van der Waals surface area contributed by atoms with Crippen molar-refractivity contribution in [2.75, 3.05) is 45.9 Å². The fraction of sp³-hybridized carbons (Fsp3) is 0.733. The molecule has 122 valence electrons. The van der Waals surface area contributed by atoms with Crippen LogP contribution in [0.5, 0.6) is 0 Å². The second-order valence-corrected chi connectivity index (χ2v) is 7.01. The van der Waals surface area contributed by atoms with Gasteiger partial charge in [-0.05, 0) is 6.92 Å². The highest BCUT2D eigenvalue weighted by atomic mass is 32.1. The molecule has 1 aromatic rings. The van der Waals surface area contributed by atoms with Crippen LogP contribution in [0.1, 0.15) is 17.1 Å². The smallest absolute Gasteiger partial charge is 0.224 e. The van der Waals surface area contributed by atoms with Gasteiger partial charge >= 0.3 is 0 Å². The van der Waals surface area contributed by atoms with E-state index in [1.54, 1.807) is 11.3 Å². The molecule has 2 aliphatic rings. The molecule has 3 rings (SSSR count). The Hall–Kier alpha value is -1.02. The number of rotatable bonds is 4. The monoisotopic (exact) mass is 324 g/mol. The van der Waals surface area contributed by atoms with Gasteiger partial charge in [0, 0.05) is 57.1 Å². The van der Waals surface area contributed by atoms with E-state index in [4.69, 9.17) is 4.74 Å². The third kappa shape index (κ3) is 4.25. The number of piperazine rings is 1. The topological polar surface area (TPSA) is 57.7 Å². The summed E-state index contributed by atoms with van der Waals surface area (Å²) in [4.78, 5) is 21.2. The molecular weight excluding hydrogens is 300 g/mol. The normalized spacial score (nSPS) is 23.7. The summed E-state index contributed by atoms with van der Waals surface area (Å²) in [5, 5.41) is 6.59. The fourth-order valence-electron chi connectivity index (χ4n) is 2.96. The molecule has 2 aliphatic heterocycles. The lowest BCUT2D eigenvalue weighted by molar-refractivity contribution is -0.134. The molecule has 1 atom stereocenters. The number of carbonyl (C=O) groups is 1. The Morgan fingerprint density at radius 2 is 2.27 bits per heavy atom.